The van der Waals surface area contributed by atoms with Gasteiger partial charge in [-0.25, -0.2) is 4.57 Å². The minimum atomic E-state index is -1.08. The van der Waals surface area contributed by atoms with Gasteiger partial charge < -0.3 is 9.90 Å². The highest BCUT2D eigenvalue weighted by atomic mass is 16.4. The van der Waals surface area contributed by atoms with Crippen molar-refractivity contribution in [3.63, 3.8) is 0 Å². The molecule has 14 heavy (non-hydrogen) atoms. The number of carboxylic acids is 1. The van der Waals surface area contributed by atoms with E-state index in [4.69, 9.17) is 9.90 Å². The van der Waals surface area contributed by atoms with Gasteiger partial charge in [-0.05, 0) is 19.9 Å². The SMILES string of the molecule is CC(=O)[O-].CCC[n+]1cccc(C)c1. The van der Waals surface area contributed by atoms with Crippen molar-refractivity contribution in [1.29, 1.82) is 0 Å². The van der Waals surface area contributed by atoms with Crippen molar-refractivity contribution < 1.29 is 14.5 Å². The molecule has 0 aliphatic carbocycles. The molecule has 0 spiro atoms. The summed E-state index contributed by atoms with van der Waals surface area (Å²) >= 11 is 0. The quantitative estimate of drug-likeness (QED) is 0.643. The maximum atomic E-state index is 8.89. The first-order chi connectivity index (χ1) is 6.56. The lowest BCUT2D eigenvalue weighted by Crippen LogP contribution is -2.32. The number of pyridine rings is 1. The molecule has 1 rings (SSSR count). The fourth-order valence-electron chi connectivity index (χ4n) is 1.05. The van der Waals surface area contributed by atoms with Crippen LogP contribution in [-0.2, 0) is 11.3 Å². The van der Waals surface area contributed by atoms with E-state index in [0.29, 0.717) is 0 Å². The minimum absolute atomic E-state index is 0.972. The number of hydrogen-bond acceptors (Lipinski definition) is 2. The zero-order valence-electron chi connectivity index (χ0n) is 8.99. The Morgan fingerprint density at radius 2 is 2.14 bits per heavy atom. The summed E-state index contributed by atoms with van der Waals surface area (Å²) in [6.45, 7) is 6.41. The van der Waals surface area contributed by atoms with Gasteiger partial charge in [-0.1, -0.05) is 6.92 Å². The fraction of sp³-hybridized carbons (Fsp3) is 0.455. The highest BCUT2D eigenvalue weighted by Crippen LogP contribution is 1.89. The minimum Gasteiger partial charge on any atom is -0.550 e. The van der Waals surface area contributed by atoms with Crippen LogP contribution in [0, 0.1) is 6.92 Å². The number of carbonyl (C=O) groups is 1. The second-order valence-electron chi connectivity index (χ2n) is 3.11. The van der Waals surface area contributed by atoms with Crippen LogP contribution in [0.15, 0.2) is 24.5 Å². The van der Waals surface area contributed by atoms with Crippen LogP contribution >= 0.6 is 0 Å². The van der Waals surface area contributed by atoms with E-state index >= 15 is 0 Å². The number of carboxylic acid groups (broad SMARTS) is 1. The van der Waals surface area contributed by atoms with Crippen molar-refractivity contribution in [3.8, 4) is 0 Å². The third-order valence-corrected chi connectivity index (χ3v) is 1.49. The maximum absolute atomic E-state index is 8.89. The summed E-state index contributed by atoms with van der Waals surface area (Å²) < 4.78 is 2.22. The summed E-state index contributed by atoms with van der Waals surface area (Å²) in [6.07, 6.45) is 5.48. The second kappa shape index (κ2) is 7.06. The van der Waals surface area contributed by atoms with Crippen LogP contribution in [0.25, 0.3) is 0 Å². The molecule has 3 heteroatoms. The maximum Gasteiger partial charge on any atom is 0.171 e. The number of hydrogen-bond donors (Lipinski definition) is 0. The summed E-state index contributed by atoms with van der Waals surface area (Å²) in [7, 11) is 0. The summed E-state index contributed by atoms with van der Waals surface area (Å²) in [6, 6.07) is 4.21. The van der Waals surface area contributed by atoms with Crippen molar-refractivity contribution in [2.75, 3.05) is 0 Å². The largest absolute Gasteiger partial charge is 0.550 e. The molecular formula is C11H17NO2. The Bertz CT molecular complexity index is 280. The number of rotatable bonds is 2. The number of aryl methyl sites for hydroxylation is 2. The first kappa shape index (κ1) is 12.6. The van der Waals surface area contributed by atoms with Gasteiger partial charge in [-0.15, -0.1) is 0 Å². The van der Waals surface area contributed by atoms with Crippen molar-refractivity contribution in [2.45, 2.75) is 33.7 Å². The molecule has 0 unspecified atom stereocenters. The van der Waals surface area contributed by atoms with Crippen molar-refractivity contribution in [2.24, 2.45) is 0 Å². The molecule has 1 aromatic heterocycles. The van der Waals surface area contributed by atoms with E-state index in [9.17, 15) is 0 Å². The van der Waals surface area contributed by atoms with E-state index in [2.05, 4.69) is 42.9 Å². The Morgan fingerprint density at radius 3 is 2.57 bits per heavy atom. The second-order valence-corrected chi connectivity index (χ2v) is 3.11. The third kappa shape index (κ3) is 7.28. The fourth-order valence-corrected chi connectivity index (χ4v) is 1.05. The van der Waals surface area contributed by atoms with Gasteiger partial charge in [0.1, 0.15) is 6.54 Å². The molecule has 1 aromatic rings. The molecule has 1 heterocycles. The predicted octanol–water partition coefficient (Wildman–Crippen LogP) is 0.449. The molecule has 0 radical (unpaired) electrons. The van der Waals surface area contributed by atoms with Crippen LogP contribution in [0.5, 0.6) is 0 Å². The molecule has 0 fully saturated rings. The first-order valence-corrected chi connectivity index (χ1v) is 4.69. The van der Waals surface area contributed by atoms with Crippen LogP contribution in [-0.4, -0.2) is 5.97 Å². The molecular weight excluding hydrogens is 178 g/mol. The summed E-state index contributed by atoms with van der Waals surface area (Å²) in [5, 5.41) is 8.89. The van der Waals surface area contributed by atoms with Gasteiger partial charge in [0.05, 0.1) is 0 Å². The van der Waals surface area contributed by atoms with Crippen molar-refractivity contribution in [3.05, 3.63) is 30.1 Å². The summed E-state index contributed by atoms with van der Waals surface area (Å²) in [4.78, 5) is 8.89. The van der Waals surface area contributed by atoms with E-state index in [0.717, 1.165) is 13.5 Å². The topological polar surface area (TPSA) is 44.0 Å². The third-order valence-electron chi connectivity index (χ3n) is 1.49. The molecule has 0 aromatic carbocycles. The molecule has 3 nitrogen and oxygen atoms in total. The lowest BCUT2D eigenvalue weighted by atomic mass is 10.3. The van der Waals surface area contributed by atoms with E-state index in [-0.39, 0.29) is 0 Å². The molecule has 0 bridgehead atoms. The Hall–Kier alpha value is -1.38. The number of carbonyl (C=O) groups excluding carboxylic acids is 1. The molecule has 0 saturated carbocycles. The summed E-state index contributed by atoms with van der Waals surface area (Å²) in [5.41, 5.74) is 1.33. The normalized spacial score (nSPS) is 8.79. The molecule has 0 aliphatic heterocycles. The number of aromatic nitrogens is 1. The lowest BCUT2D eigenvalue weighted by molar-refractivity contribution is -0.697. The highest BCUT2D eigenvalue weighted by Gasteiger charge is 1.95. The van der Waals surface area contributed by atoms with E-state index in [1.165, 1.54) is 12.0 Å². The van der Waals surface area contributed by atoms with Gasteiger partial charge in [-0.3, -0.25) is 0 Å². The molecule has 0 atom stereocenters. The lowest BCUT2D eigenvalue weighted by Gasteiger charge is -1.92. The van der Waals surface area contributed by atoms with Crippen LogP contribution in [0.2, 0.25) is 0 Å². The molecule has 0 aliphatic rings. The smallest absolute Gasteiger partial charge is 0.171 e. The molecule has 0 N–H and O–H groups in total. The van der Waals surface area contributed by atoms with Gasteiger partial charge in [0.15, 0.2) is 12.4 Å². The van der Waals surface area contributed by atoms with Gasteiger partial charge in [0.25, 0.3) is 0 Å². The van der Waals surface area contributed by atoms with E-state index in [1.54, 1.807) is 0 Å². The molecule has 0 saturated heterocycles. The Kier molecular flexibility index (Phi) is 6.37. The molecule has 78 valence electrons. The number of nitrogens with zero attached hydrogens (tertiary/aromatic N) is 1. The first-order valence-electron chi connectivity index (χ1n) is 4.69. The van der Waals surface area contributed by atoms with Gasteiger partial charge in [0, 0.05) is 24.0 Å². The Morgan fingerprint density at radius 1 is 1.57 bits per heavy atom. The van der Waals surface area contributed by atoms with Crippen LogP contribution in [0.4, 0.5) is 0 Å². The molecule has 0 amide bonds. The standard InChI is InChI=1S/C9H14N.C2H4O2/c1-3-6-10-7-4-5-9(2)8-10;1-2(3)4/h4-5,7-8H,3,6H2,1-2H3;1H3,(H,3,4)/q+1;/p-1. The van der Waals surface area contributed by atoms with Crippen LogP contribution < -0.4 is 9.67 Å². The summed E-state index contributed by atoms with van der Waals surface area (Å²) in [5.74, 6) is -1.08. The monoisotopic (exact) mass is 195 g/mol. The van der Waals surface area contributed by atoms with Crippen LogP contribution in [0.1, 0.15) is 25.8 Å². The van der Waals surface area contributed by atoms with Gasteiger partial charge in [-0.2, -0.15) is 0 Å². The zero-order chi connectivity index (χ0) is 11.0. The van der Waals surface area contributed by atoms with Crippen molar-refractivity contribution >= 4 is 5.97 Å². The van der Waals surface area contributed by atoms with Crippen LogP contribution in [0.3, 0.4) is 0 Å². The Labute approximate surface area is 85.0 Å². The Balaban J connectivity index is 0.000000364. The predicted molar refractivity (Wildman–Crippen MR) is 52.3 cm³/mol. The average molecular weight is 195 g/mol. The van der Waals surface area contributed by atoms with E-state index < -0.39 is 5.97 Å². The average Bonchev–Trinajstić information content (AvgIpc) is 2.03. The van der Waals surface area contributed by atoms with E-state index in [1.807, 2.05) is 0 Å². The highest BCUT2D eigenvalue weighted by molar-refractivity contribution is 5.60. The van der Waals surface area contributed by atoms with Gasteiger partial charge in [0.2, 0.25) is 0 Å². The number of aliphatic carboxylic acids is 1. The zero-order valence-corrected chi connectivity index (χ0v) is 8.99. The van der Waals surface area contributed by atoms with Gasteiger partial charge >= 0.3 is 0 Å². The van der Waals surface area contributed by atoms with Crippen molar-refractivity contribution in [1.82, 2.24) is 0 Å².